The second kappa shape index (κ2) is 6.06. The molecule has 1 aromatic rings. The summed E-state index contributed by atoms with van der Waals surface area (Å²) in [6.45, 7) is 10.8. The molecule has 0 aliphatic carbocycles. The van der Waals surface area contributed by atoms with Crippen molar-refractivity contribution in [2.24, 2.45) is 5.73 Å². The van der Waals surface area contributed by atoms with E-state index in [1.165, 1.54) is 17.0 Å². The maximum absolute atomic E-state index is 5.42. The van der Waals surface area contributed by atoms with Gasteiger partial charge in [0.15, 0.2) is 0 Å². The van der Waals surface area contributed by atoms with Crippen LogP contribution in [-0.2, 0) is 11.2 Å². The molecule has 1 aromatic heterocycles. The Bertz CT molecular complexity index is 329. The first-order chi connectivity index (χ1) is 7.57. The fourth-order valence-electron chi connectivity index (χ4n) is 2.26. The predicted octanol–water partition coefficient (Wildman–Crippen LogP) is 2.20. The maximum atomic E-state index is 5.42. The van der Waals surface area contributed by atoms with Crippen molar-refractivity contribution in [1.82, 2.24) is 4.57 Å². The molecular formula is C13H24N2O. The van der Waals surface area contributed by atoms with Gasteiger partial charge in [0.1, 0.15) is 0 Å². The number of nitrogens with two attached hydrogens (primary N) is 1. The molecule has 0 bridgehead atoms. The number of hydrogen-bond acceptors (Lipinski definition) is 2. The van der Waals surface area contributed by atoms with Gasteiger partial charge >= 0.3 is 0 Å². The molecule has 1 rings (SSSR count). The lowest BCUT2D eigenvalue weighted by atomic mass is 10.2. The standard InChI is InChI=1S/C13H24N2O/c1-10(2)15-11(3)9-13(12(15)4)5-7-16-8-6-14/h9-10H,5-8,14H2,1-4H3. The molecule has 2 N–H and O–H groups in total. The van der Waals surface area contributed by atoms with Crippen molar-refractivity contribution in [3.63, 3.8) is 0 Å². The summed E-state index contributed by atoms with van der Waals surface area (Å²) in [5.41, 5.74) is 9.47. The molecule has 0 radical (unpaired) electrons. The van der Waals surface area contributed by atoms with Gasteiger partial charge < -0.3 is 15.0 Å². The van der Waals surface area contributed by atoms with Crippen LogP contribution in [0.5, 0.6) is 0 Å². The van der Waals surface area contributed by atoms with Crippen molar-refractivity contribution in [1.29, 1.82) is 0 Å². The molecule has 0 spiro atoms. The lowest BCUT2D eigenvalue weighted by Crippen LogP contribution is -2.10. The molecule has 0 aromatic carbocycles. The van der Waals surface area contributed by atoms with Gasteiger partial charge in [-0.3, -0.25) is 0 Å². The first-order valence-corrected chi connectivity index (χ1v) is 6.03. The average Bonchev–Trinajstić information content (AvgIpc) is 2.49. The van der Waals surface area contributed by atoms with Crippen LogP contribution in [-0.4, -0.2) is 24.3 Å². The average molecular weight is 224 g/mol. The van der Waals surface area contributed by atoms with Gasteiger partial charge in [-0.25, -0.2) is 0 Å². The fraction of sp³-hybridized carbons (Fsp3) is 0.692. The monoisotopic (exact) mass is 224 g/mol. The van der Waals surface area contributed by atoms with E-state index in [0.29, 0.717) is 19.2 Å². The zero-order valence-corrected chi connectivity index (χ0v) is 10.9. The molecule has 92 valence electrons. The minimum absolute atomic E-state index is 0.527. The van der Waals surface area contributed by atoms with E-state index in [0.717, 1.165) is 13.0 Å². The highest BCUT2D eigenvalue weighted by Gasteiger charge is 2.10. The Morgan fingerprint density at radius 3 is 2.50 bits per heavy atom. The topological polar surface area (TPSA) is 40.2 Å². The second-order valence-corrected chi connectivity index (χ2v) is 4.51. The van der Waals surface area contributed by atoms with Crippen LogP contribution in [0.1, 0.15) is 36.8 Å². The zero-order chi connectivity index (χ0) is 12.1. The van der Waals surface area contributed by atoms with Crippen LogP contribution in [0.3, 0.4) is 0 Å². The van der Waals surface area contributed by atoms with Crippen molar-refractivity contribution in [3.8, 4) is 0 Å². The lowest BCUT2D eigenvalue weighted by molar-refractivity contribution is 0.144. The molecule has 1 heterocycles. The third-order valence-electron chi connectivity index (χ3n) is 2.88. The van der Waals surface area contributed by atoms with Crippen LogP contribution in [0, 0.1) is 13.8 Å². The summed E-state index contributed by atoms with van der Waals surface area (Å²) < 4.78 is 7.79. The molecule has 0 aliphatic rings. The summed E-state index contributed by atoms with van der Waals surface area (Å²) in [6.07, 6.45) is 0.979. The Morgan fingerprint density at radius 2 is 2.00 bits per heavy atom. The number of aryl methyl sites for hydroxylation is 1. The Labute approximate surface area is 98.6 Å². The summed E-state index contributed by atoms with van der Waals surface area (Å²) in [7, 11) is 0. The minimum atomic E-state index is 0.527. The predicted molar refractivity (Wildman–Crippen MR) is 67.9 cm³/mol. The quantitative estimate of drug-likeness (QED) is 0.753. The molecule has 0 saturated heterocycles. The van der Waals surface area contributed by atoms with Gasteiger partial charge in [-0.15, -0.1) is 0 Å². The smallest absolute Gasteiger partial charge is 0.0588 e. The van der Waals surface area contributed by atoms with Crippen molar-refractivity contribution < 1.29 is 4.74 Å². The van der Waals surface area contributed by atoms with Crippen LogP contribution in [0.15, 0.2) is 6.07 Å². The van der Waals surface area contributed by atoms with Gasteiger partial charge in [0, 0.05) is 24.0 Å². The number of nitrogens with zero attached hydrogens (tertiary/aromatic N) is 1. The third-order valence-corrected chi connectivity index (χ3v) is 2.88. The lowest BCUT2D eigenvalue weighted by Gasteiger charge is -2.13. The molecule has 0 amide bonds. The van der Waals surface area contributed by atoms with Crippen LogP contribution < -0.4 is 5.73 Å². The normalized spacial score (nSPS) is 11.4. The van der Waals surface area contributed by atoms with E-state index in [1.807, 2.05) is 0 Å². The molecule has 0 unspecified atom stereocenters. The molecule has 3 heteroatoms. The van der Waals surface area contributed by atoms with Gasteiger partial charge in [-0.05, 0) is 45.7 Å². The SMILES string of the molecule is Cc1cc(CCOCCN)c(C)n1C(C)C. The van der Waals surface area contributed by atoms with E-state index in [1.54, 1.807) is 0 Å². The van der Waals surface area contributed by atoms with E-state index >= 15 is 0 Å². The number of aromatic nitrogens is 1. The van der Waals surface area contributed by atoms with Crippen molar-refractivity contribution in [2.75, 3.05) is 19.8 Å². The van der Waals surface area contributed by atoms with Gasteiger partial charge in [-0.2, -0.15) is 0 Å². The van der Waals surface area contributed by atoms with E-state index < -0.39 is 0 Å². The summed E-state index contributed by atoms with van der Waals surface area (Å²) in [4.78, 5) is 0. The van der Waals surface area contributed by atoms with Crippen molar-refractivity contribution >= 4 is 0 Å². The molecule has 0 atom stereocenters. The van der Waals surface area contributed by atoms with Crippen LogP contribution in [0.4, 0.5) is 0 Å². The summed E-state index contributed by atoms with van der Waals surface area (Å²) >= 11 is 0. The van der Waals surface area contributed by atoms with Crippen molar-refractivity contribution in [3.05, 3.63) is 23.0 Å². The highest BCUT2D eigenvalue weighted by Crippen LogP contribution is 2.20. The molecule has 3 nitrogen and oxygen atoms in total. The largest absolute Gasteiger partial charge is 0.380 e. The Hall–Kier alpha value is -0.800. The Balaban J connectivity index is 2.64. The second-order valence-electron chi connectivity index (χ2n) is 4.51. The fourth-order valence-corrected chi connectivity index (χ4v) is 2.26. The molecule has 0 aliphatic heterocycles. The summed E-state index contributed by atoms with van der Waals surface area (Å²) in [5, 5.41) is 0. The number of rotatable bonds is 6. The number of ether oxygens (including phenoxy) is 1. The van der Waals surface area contributed by atoms with Gasteiger partial charge in [0.2, 0.25) is 0 Å². The Morgan fingerprint density at radius 1 is 1.31 bits per heavy atom. The molecule has 0 saturated carbocycles. The van der Waals surface area contributed by atoms with Crippen LogP contribution in [0.2, 0.25) is 0 Å². The van der Waals surface area contributed by atoms with E-state index in [9.17, 15) is 0 Å². The zero-order valence-electron chi connectivity index (χ0n) is 10.9. The van der Waals surface area contributed by atoms with E-state index in [-0.39, 0.29) is 0 Å². The number of hydrogen-bond donors (Lipinski definition) is 1. The Kier molecular flexibility index (Phi) is 5.03. The summed E-state index contributed by atoms with van der Waals surface area (Å²) in [6, 6.07) is 2.79. The molecular weight excluding hydrogens is 200 g/mol. The first-order valence-electron chi connectivity index (χ1n) is 6.03. The first kappa shape index (κ1) is 13.3. The van der Waals surface area contributed by atoms with E-state index in [2.05, 4.69) is 38.3 Å². The molecule has 16 heavy (non-hydrogen) atoms. The van der Waals surface area contributed by atoms with Gasteiger partial charge in [-0.1, -0.05) is 0 Å². The van der Waals surface area contributed by atoms with Crippen LogP contribution in [0.25, 0.3) is 0 Å². The van der Waals surface area contributed by atoms with Crippen molar-refractivity contribution in [2.45, 2.75) is 40.2 Å². The van der Waals surface area contributed by atoms with E-state index in [4.69, 9.17) is 10.5 Å². The highest BCUT2D eigenvalue weighted by molar-refractivity contribution is 5.27. The molecule has 0 fully saturated rings. The van der Waals surface area contributed by atoms with Gasteiger partial charge in [0.05, 0.1) is 13.2 Å². The maximum Gasteiger partial charge on any atom is 0.0588 e. The van der Waals surface area contributed by atoms with Crippen LogP contribution >= 0.6 is 0 Å². The summed E-state index contributed by atoms with van der Waals surface area (Å²) in [5.74, 6) is 0. The highest BCUT2D eigenvalue weighted by atomic mass is 16.5. The third kappa shape index (κ3) is 3.09. The van der Waals surface area contributed by atoms with Gasteiger partial charge in [0.25, 0.3) is 0 Å². The minimum Gasteiger partial charge on any atom is -0.380 e.